The highest BCUT2D eigenvalue weighted by Gasteiger charge is 2.33. The van der Waals surface area contributed by atoms with Crippen molar-refractivity contribution in [1.29, 1.82) is 0 Å². The Balaban J connectivity index is 1.68. The Morgan fingerprint density at radius 2 is 2.21 bits per heavy atom. The molecule has 3 rings (SSSR count). The number of nitrogens with one attached hydrogen (secondary N) is 1. The number of rotatable bonds is 3. The fourth-order valence-corrected chi connectivity index (χ4v) is 3.03. The lowest BCUT2D eigenvalue weighted by molar-refractivity contribution is 0.250. The summed E-state index contributed by atoms with van der Waals surface area (Å²) in [4.78, 5) is 2.49. The van der Waals surface area contributed by atoms with Crippen molar-refractivity contribution in [2.24, 2.45) is 5.92 Å². The number of hydrogen-bond acceptors (Lipinski definition) is 2. The van der Waals surface area contributed by atoms with Crippen molar-refractivity contribution in [2.75, 3.05) is 19.6 Å². The average molecular weight is 262 g/mol. The zero-order chi connectivity index (χ0) is 13.2. The lowest BCUT2D eigenvalue weighted by atomic mass is 10.1. The maximum atomic E-state index is 13.4. The molecule has 1 aromatic rings. The molecule has 0 radical (unpaired) electrons. The van der Waals surface area contributed by atoms with Gasteiger partial charge in [0.25, 0.3) is 0 Å². The maximum absolute atomic E-state index is 13.4. The van der Waals surface area contributed by atoms with Crippen molar-refractivity contribution in [3.05, 3.63) is 35.1 Å². The standard InChI is InChI=1S/C16H23FN2/c1-12-3-6-15(17)9-14(12)10-19-8-2-7-18-16(11-19)13-4-5-13/h3,6,9,13,16,18H,2,4-5,7-8,10-11H2,1H3. The summed E-state index contributed by atoms with van der Waals surface area (Å²) in [5, 5.41) is 3.67. The third-order valence-electron chi connectivity index (χ3n) is 4.41. The van der Waals surface area contributed by atoms with E-state index in [-0.39, 0.29) is 5.82 Å². The largest absolute Gasteiger partial charge is 0.312 e. The van der Waals surface area contributed by atoms with Crippen LogP contribution in [-0.2, 0) is 6.54 Å². The van der Waals surface area contributed by atoms with E-state index < -0.39 is 0 Å². The smallest absolute Gasteiger partial charge is 0.123 e. The van der Waals surface area contributed by atoms with Crippen LogP contribution >= 0.6 is 0 Å². The van der Waals surface area contributed by atoms with Crippen molar-refractivity contribution in [3.8, 4) is 0 Å². The molecule has 19 heavy (non-hydrogen) atoms. The minimum atomic E-state index is -0.118. The van der Waals surface area contributed by atoms with Crippen LogP contribution in [0.15, 0.2) is 18.2 Å². The van der Waals surface area contributed by atoms with E-state index in [2.05, 4.69) is 17.1 Å². The number of aryl methyl sites for hydroxylation is 1. The molecule has 1 atom stereocenters. The van der Waals surface area contributed by atoms with E-state index in [1.54, 1.807) is 12.1 Å². The summed E-state index contributed by atoms with van der Waals surface area (Å²) >= 11 is 0. The van der Waals surface area contributed by atoms with Crippen LogP contribution in [-0.4, -0.2) is 30.6 Å². The fraction of sp³-hybridized carbons (Fsp3) is 0.625. The van der Waals surface area contributed by atoms with Crippen molar-refractivity contribution >= 4 is 0 Å². The van der Waals surface area contributed by atoms with Gasteiger partial charge in [0.1, 0.15) is 5.82 Å². The average Bonchev–Trinajstić information content (AvgIpc) is 3.20. The zero-order valence-corrected chi connectivity index (χ0v) is 11.7. The second kappa shape index (κ2) is 5.59. The predicted molar refractivity (Wildman–Crippen MR) is 75.5 cm³/mol. The van der Waals surface area contributed by atoms with Crippen LogP contribution in [0.25, 0.3) is 0 Å². The molecule has 2 nitrogen and oxygen atoms in total. The van der Waals surface area contributed by atoms with Gasteiger partial charge in [-0.15, -0.1) is 0 Å². The summed E-state index contributed by atoms with van der Waals surface area (Å²) in [6.45, 7) is 6.31. The first-order valence-corrected chi connectivity index (χ1v) is 7.43. The molecule has 2 aliphatic rings. The van der Waals surface area contributed by atoms with E-state index in [4.69, 9.17) is 0 Å². The predicted octanol–water partition coefficient (Wildman–Crippen LogP) is 2.71. The van der Waals surface area contributed by atoms with Crippen LogP contribution < -0.4 is 5.32 Å². The first kappa shape index (κ1) is 13.1. The molecule has 1 aromatic carbocycles. The highest BCUT2D eigenvalue weighted by atomic mass is 19.1. The van der Waals surface area contributed by atoms with E-state index in [1.165, 1.54) is 24.8 Å². The van der Waals surface area contributed by atoms with E-state index in [0.717, 1.165) is 37.7 Å². The number of halogens is 1. The molecule has 2 fully saturated rings. The Kier molecular flexibility index (Phi) is 3.85. The second-order valence-corrected chi connectivity index (χ2v) is 6.06. The van der Waals surface area contributed by atoms with Crippen molar-refractivity contribution in [1.82, 2.24) is 10.2 Å². The van der Waals surface area contributed by atoms with Gasteiger partial charge in [0.2, 0.25) is 0 Å². The van der Waals surface area contributed by atoms with Gasteiger partial charge in [0.05, 0.1) is 0 Å². The molecule has 1 heterocycles. The second-order valence-electron chi connectivity index (χ2n) is 6.06. The lowest BCUT2D eigenvalue weighted by Crippen LogP contribution is -2.39. The first-order chi connectivity index (χ1) is 9.22. The van der Waals surface area contributed by atoms with Crippen molar-refractivity contribution in [3.63, 3.8) is 0 Å². The normalized spacial score (nSPS) is 25.3. The van der Waals surface area contributed by atoms with Crippen LogP contribution in [0.2, 0.25) is 0 Å². The van der Waals surface area contributed by atoms with Crippen LogP contribution in [0.1, 0.15) is 30.4 Å². The molecule has 1 N–H and O–H groups in total. The van der Waals surface area contributed by atoms with E-state index >= 15 is 0 Å². The molecular weight excluding hydrogens is 239 g/mol. The Morgan fingerprint density at radius 3 is 3.00 bits per heavy atom. The van der Waals surface area contributed by atoms with Crippen LogP contribution in [0.5, 0.6) is 0 Å². The van der Waals surface area contributed by atoms with Gasteiger partial charge in [0.15, 0.2) is 0 Å². The summed E-state index contributed by atoms with van der Waals surface area (Å²) < 4.78 is 13.4. The third-order valence-corrected chi connectivity index (χ3v) is 4.41. The van der Waals surface area contributed by atoms with Crippen molar-refractivity contribution < 1.29 is 4.39 Å². The van der Waals surface area contributed by atoms with E-state index in [0.29, 0.717) is 6.04 Å². The van der Waals surface area contributed by atoms with Gasteiger partial charge in [-0.1, -0.05) is 6.07 Å². The first-order valence-electron chi connectivity index (χ1n) is 7.43. The third kappa shape index (κ3) is 3.34. The van der Waals surface area contributed by atoms with Crippen molar-refractivity contribution in [2.45, 2.75) is 38.8 Å². The molecule has 1 aliphatic heterocycles. The van der Waals surface area contributed by atoms with Crippen LogP contribution in [0, 0.1) is 18.7 Å². The number of hydrogen-bond donors (Lipinski definition) is 1. The Bertz CT molecular complexity index is 442. The number of benzene rings is 1. The molecule has 1 saturated carbocycles. The quantitative estimate of drug-likeness (QED) is 0.901. The maximum Gasteiger partial charge on any atom is 0.123 e. The summed E-state index contributed by atoms with van der Waals surface area (Å²) in [7, 11) is 0. The molecule has 104 valence electrons. The van der Waals surface area contributed by atoms with Gasteiger partial charge in [-0.2, -0.15) is 0 Å². The van der Waals surface area contributed by atoms with Gasteiger partial charge >= 0.3 is 0 Å². The van der Waals surface area contributed by atoms with E-state index in [1.807, 2.05) is 6.07 Å². The highest BCUT2D eigenvalue weighted by molar-refractivity contribution is 5.26. The number of nitrogens with zero attached hydrogens (tertiary/aromatic N) is 1. The van der Waals surface area contributed by atoms with Gasteiger partial charge in [0, 0.05) is 19.1 Å². The lowest BCUT2D eigenvalue weighted by Gasteiger charge is -2.25. The Labute approximate surface area is 115 Å². The van der Waals surface area contributed by atoms with Crippen LogP contribution in [0.4, 0.5) is 4.39 Å². The fourth-order valence-electron chi connectivity index (χ4n) is 3.03. The van der Waals surface area contributed by atoms with E-state index in [9.17, 15) is 4.39 Å². The van der Waals surface area contributed by atoms with Gasteiger partial charge in [-0.05, 0) is 68.5 Å². The molecule has 0 amide bonds. The highest BCUT2D eigenvalue weighted by Crippen LogP contribution is 2.33. The summed E-state index contributed by atoms with van der Waals surface area (Å²) in [5.74, 6) is 0.765. The van der Waals surface area contributed by atoms with Crippen LogP contribution in [0.3, 0.4) is 0 Å². The molecule has 1 saturated heterocycles. The monoisotopic (exact) mass is 262 g/mol. The van der Waals surface area contributed by atoms with Gasteiger partial charge < -0.3 is 5.32 Å². The van der Waals surface area contributed by atoms with Gasteiger partial charge in [-0.3, -0.25) is 4.90 Å². The molecule has 1 unspecified atom stereocenters. The topological polar surface area (TPSA) is 15.3 Å². The summed E-state index contributed by atoms with van der Waals surface area (Å²) in [6.07, 6.45) is 3.95. The zero-order valence-electron chi connectivity index (χ0n) is 11.7. The molecule has 0 spiro atoms. The summed E-state index contributed by atoms with van der Waals surface area (Å²) in [5.41, 5.74) is 2.33. The Hall–Kier alpha value is -0.930. The molecular formula is C16H23FN2. The minimum Gasteiger partial charge on any atom is -0.312 e. The molecule has 1 aliphatic carbocycles. The van der Waals surface area contributed by atoms with Gasteiger partial charge in [-0.25, -0.2) is 4.39 Å². The molecule has 3 heteroatoms. The summed E-state index contributed by atoms with van der Waals surface area (Å²) in [6, 6.07) is 5.78. The molecule has 0 bridgehead atoms. The molecule has 0 aromatic heterocycles. The minimum absolute atomic E-state index is 0.118. The SMILES string of the molecule is Cc1ccc(F)cc1CN1CCCNC(C2CC2)C1. The Morgan fingerprint density at radius 1 is 1.37 bits per heavy atom.